The number of nitrogens with zero attached hydrogens (tertiary/aromatic N) is 1. The summed E-state index contributed by atoms with van der Waals surface area (Å²) in [7, 11) is -1.48. The van der Waals surface area contributed by atoms with E-state index in [1.165, 1.54) is 0 Å². The normalized spacial score (nSPS) is 12.4. The number of hydrogen-bond donors (Lipinski definition) is 3. The first kappa shape index (κ1) is 15.5. The fourth-order valence-electron chi connectivity index (χ4n) is 1.40. The summed E-state index contributed by atoms with van der Waals surface area (Å²) in [6.45, 7) is 1.47. The molecule has 0 saturated carbocycles. The van der Waals surface area contributed by atoms with Crippen LogP contribution in [0.25, 0.3) is 0 Å². The highest BCUT2D eigenvalue weighted by Crippen LogP contribution is 1.99. The van der Waals surface area contributed by atoms with E-state index in [2.05, 4.69) is 20.3 Å². The smallest absolute Gasteiger partial charge is 0.208 e. The van der Waals surface area contributed by atoms with Crippen molar-refractivity contribution >= 4 is 16.0 Å². The number of sulfonamides is 1. The summed E-state index contributed by atoms with van der Waals surface area (Å²) < 4.78 is 29.3. The lowest BCUT2D eigenvalue weighted by molar-refractivity contribution is 0.506. The van der Waals surface area contributed by atoms with Gasteiger partial charge in [0.15, 0.2) is 5.96 Å². The Morgan fingerprint density at radius 1 is 1.32 bits per heavy atom. The molecule has 0 spiro atoms. The number of rotatable bonds is 7. The van der Waals surface area contributed by atoms with Crippen LogP contribution in [0.4, 0.5) is 0 Å². The van der Waals surface area contributed by atoms with Gasteiger partial charge >= 0.3 is 0 Å². The monoisotopic (exact) mass is 288 g/mol. The van der Waals surface area contributed by atoms with Gasteiger partial charge in [0.25, 0.3) is 0 Å². The molecule has 19 heavy (non-hydrogen) atoms. The van der Waals surface area contributed by atoms with Crippen LogP contribution in [0.3, 0.4) is 0 Å². The van der Waals surface area contributed by atoms with Gasteiger partial charge in [0.1, 0.15) is 5.76 Å². The van der Waals surface area contributed by atoms with Crippen LogP contribution in [-0.2, 0) is 16.4 Å². The molecular formula is C11H20N4O3S. The third kappa shape index (κ3) is 7.47. The van der Waals surface area contributed by atoms with Crippen LogP contribution in [0, 0.1) is 0 Å². The van der Waals surface area contributed by atoms with Crippen molar-refractivity contribution in [2.75, 3.05) is 32.9 Å². The number of nitrogens with one attached hydrogen (secondary N) is 3. The number of aliphatic imine (C=N–C) groups is 1. The molecule has 0 radical (unpaired) electrons. The maximum Gasteiger partial charge on any atom is 0.208 e. The molecule has 0 amide bonds. The molecule has 0 aromatic carbocycles. The van der Waals surface area contributed by atoms with Crippen molar-refractivity contribution in [2.45, 2.75) is 6.42 Å². The van der Waals surface area contributed by atoms with E-state index in [1.807, 2.05) is 12.1 Å². The van der Waals surface area contributed by atoms with Gasteiger partial charge in [-0.15, -0.1) is 0 Å². The average molecular weight is 288 g/mol. The first-order valence-corrected chi connectivity index (χ1v) is 7.82. The zero-order chi connectivity index (χ0) is 14.1. The third-order valence-corrected chi connectivity index (χ3v) is 2.98. The Hall–Kier alpha value is -1.54. The van der Waals surface area contributed by atoms with Gasteiger partial charge in [0.05, 0.1) is 12.5 Å². The molecule has 1 rings (SSSR count). The van der Waals surface area contributed by atoms with E-state index in [0.717, 1.165) is 18.4 Å². The summed E-state index contributed by atoms with van der Waals surface area (Å²) in [5.74, 6) is 1.53. The van der Waals surface area contributed by atoms with E-state index in [9.17, 15) is 8.42 Å². The van der Waals surface area contributed by atoms with Gasteiger partial charge in [-0.1, -0.05) is 0 Å². The standard InChI is InChI=1S/C11H20N4O3S/c1-12-11(14-7-8-15-19(2,16)17)13-6-5-10-4-3-9-18-10/h3-4,9,15H,5-8H2,1-2H3,(H2,12,13,14). The lowest BCUT2D eigenvalue weighted by atomic mass is 10.3. The van der Waals surface area contributed by atoms with Gasteiger partial charge in [0.2, 0.25) is 10.0 Å². The maximum atomic E-state index is 10.9. The maximum absolute atomic E-state index is 10.9. The molecule has 0 saturated heterocycles. The Bertz CT molecular complexity index is 482. The second-order valence-corrected chi connectivity index (χ2v) is 5.75. The van der Waals surface area contributed by atoms with Crippen molar-refractivity contribution in [3.05, 3.63) is 24.2 Å². The molecule has 0 bridgehead atoms. The molecule has 8 heteroatoms. The van der Waals surface area contributed by atoms with Gasteiger partial charge in [-0.05, 0) is 12.1 Å². The van der Waals surface area contributed by atoms with Crippen molar-refractivity contribution in [3.63, 3.8) is 0 Å². The van der Waals surface area contributed by atoms with Gasteiger partial charge < -0.3 is 15.1 Å². The Morgan fingerprint density at radius 3 is 2.63 bits per heavy atom. The highest BCUT2D eigenvalue weighted by atomic mass is 32.2. The molecule has 0 atom stereocenters. The predicted octanol–water partition coefficient (Wildman–Crippen LogP) is -0.464. The fourth-order valence-corrected chi connectivity index (χ4v) is 1.87. The van der Waals surface area contributed by atoms with Gasteiger partial charge in [-0.3, -0.25) is 4.99 Å². The van der Waals surface area contributed by atoms with E-state index in [4.69, 9.17) is 4.42 Å². The number of hydrogen-bond acceptors (Lipinski definition) is 4. The molecule has 0 fully saturated rings. The predicted molar refractivity (Wildman–Crippen MR) is 74.6 cm³/mol. The minimum atomic E-state index is -3.14. The summed E-state index contributed by atoms with van der Waals surface area (Å²) in [5, 5.41) is 6.11. The minimum Gasteiger partial charge on any atom is -0.469 e. The molecule has 7 nitrogen and oxygen atoms in total. The van der Waals surface area contributed by atoms with E-state index >= 15 is 0 Å². The summed E-state index contributed by atoms with van der Waals surface area (Å²) in [6.07, 6.45) is 3.53. The molecule has 0 unspecified atom stereocenters. The molecule has 0 aliphatic carbocycles. The van der Waals surface area contributed by atoms with Crippen molar-refractivity contribution in [3.8, 4) is 0 Å². The summed E-state index contributed by atoms with van der Waals surface area (Å²) in [6, 6.07) is 3.76. The Kier molecular flexibility index (Phi) is 6.37. The Morgan fingerprint density at radius 2 is 2.05 bits per heavy atom. The van der Waals surface area contributed by atoms with Crippen LogP contribution in [0.15, 0.2) is 27.8 Å². The van der Waals surface area contributed by atoms with Gasteiger partial charge in [0, 0.05) is 33.1 Å². The molecule has 1 heterocycles. The zero-order valence-corrected chi connectivity index (χ0v) is 12.0. The SMILES string of the molecule is CN=C(NCCNS(C)(=O)=O)NCCc1ccco1. The third-order valence-electron chi connectivity index (χ3n) is 2.25. The first-order chi connectivity index (χ1) is 9.01. The van der Waals surface area contributed by atoms with Gasteiger partial charge in [-0.2, -0.15) is 0 Å². The lowest BCUT2D eigenvalue weighted by Crippen LogP contribution is -2.42. The first-order valence-electron chi connectivity index (χ1n) is 5.93. The minimum absolute atomic E-state index is 0.317. The summed E-state index contributed by atoms with van der Waals surface area (Å²) >= 11 is 0. The molecule has 1 aromatic heterocycles. The largest absolute Gasteiger partial charge is 0.469 e. The van der Waals surface area contributed by atoms with Crippen LogP contribution < -0.4 is 15.4 Å². The summed E-state index contributed by atoms with van der Waals surface area (Å²) in [5.41, 5.74) is 0. The van der Waals surface area contributed by atoms with Crippen LogP contribution in [0.5, 0.6) is 0 Å². The Labute approximate surface area is 113 Å². The molecule has 1 aromatic rings. The number of guanidine groups is 1. The van der Waals surface area contributed by atoms with Crippen LogP contribution >= 0.6 is 0 Å². The lowest BCUT2D eigenvalue weighted by Gasteiger charge is -2.11. The molecular weight excluding hydrogens is 268 g/mol. The van der Waals surface area contributed by atoms with E-state index in [-0.39, 0.29) is 0 Å². The Balaban J connectivity index is 2.16. The van der Waals surface area contributed by atoms with E-state index in [1.54, 1.807) is 13.3 Å². The average Bonchev–Trinajstić information content (AvgIpc) is 2.84. The highest BCUT2D eigenvalue weighted by molar-refractivity contribution is 7.88. The second-order valence-electron chi connectivity index (χ2n) is 3.92. The summed E-state index contributed by atoms with van der Waals surface area (Å²) in [4.78, 5) is 4.03. The molecule has 3 N–H and O–H groups in total. The fraction of sp³-hybridized carbons (Fsp3) is 0.545. The van der Waals surface area contributed by atoms with Crippen LogP contribution in [0.1, 0.15) is 5.76 Å². The van der Waals surface area contributed by atoms with E-state index in [0.29, 0.717) is 25.6 Å². The zero-order valence-electron chi connectivity index (χ0n) is 11.1. The van der Waals surface area contributed by atoms with E-state index < -0.39 is 10.0 Å². The molecule has 108 valence electrons. The van der Waals surface area contributed by atoms with Crippen molar-refractivity contribution < 1.29 is 12.8 Å². The van der Waals surface area contributed by atoms with Crippen LogP contribution in [0.2, 0.25) is 0 Å². The van der Waals surface area contributed by atoms with Crippen LogP contribution in [-0.4, -0.2) is 47.3 Å². The molecule has 0 aliphatic heterocycles. The second kappa shape index (κ2) is 7.80. The van der Waals surface area contributed by atoms with Crippen molar-refractivity contribution in [1.82, 2.24) is 15.4 Å². The highest BCUT2D eigenvalue weighted by Gasteiger charge is 2.01. The van der Waals surface area contributed by atoms with Gasteiger partial charge in [-0.25, -0.2) is 13.1 Å². The topological polar surface area (TPSA) is 95.7 Å². The number of furan rings is 1. The van der Waals surface area contributed by atoms with Crippen molar-refractivity contribution in [2.24, 2.45) is 4.99 Å². The quantitative estimate of drug-likeness (QED) is 0.358. The van der Waals surface area contributed by atoms with Crippen molar-refractivity contribution in [1.29, 1.82) is 0 Å². The molecule has 0 aliphatic rings.